The Balaban J connectivity index is 2.49. The van der Waals surface area contributed by atoms with Crippen molar-refractivity contribution in [2.45, 2.75) is 9.83 Å². The summed E-state index contributed by atoms with van der Waals surface area (Å²) in [6.45, 7) is 0. The average molecular weight is 431 g/mol. The van der Waals surface area contributed by atoms with E-state index in [0.29, 0.717) is 5.56 Å². The van der Waals surface area contributed by atoms with Crippen molar-refractivity contribution in [1.82, 2.24) is 5.32 Å². The SMILES string of the molecule is [N-]=[N+]=C(C(=O)c1ccccc1Cl)C(NC(=O)C(Cl)(Cl)Cl)c1ccccc1. The highest BCUT2D eigenvalue weighted by Gasteiger charge is 2.39. The van der Waals surface area contributed by atoms with Gasteiger partial charge in [0.05, 0.1) is 5.02 Å². The lowest BCUT2D eigenvalue weighted by Crippen LogP contribution is -2.43. The van der Waals surface area contributed by atoms with Gasteiger partial charge < -0.3 is 10.8 Å². The van der Waals surface area contributed by atoms with Gasteiger partial charge in [-0.3, -0.25) is 9.59 Å². The van der Waals surface area contributed by atoms with Crippen LogP contribution in [0.3, 0.4) is 0 Å². The number of Topliss-reactive ketones (excluding diaryl/α,β-unsaturated/α-hetero) is 1. The van der Waals surface area contributed by atoms with Crippen molar-refractivity contribution in [3.8, 4) is 0 Å². The molecule has 2 rings (SSSR count). The Labute approximate surface area is 169 Å². The quantitative estimate of drug-likeness (QED) is 0.250. The summed E-state index contributed by atoms with van der Waals surface area (Å²) < 4.78 is -2.26. The van der Waals surface area contributed by atoms with Gasteiger partial charge in [-0.2, -0.15) is 4.79 Å². The van der Waals surface area contributed by atoms with E-state index in [1.807, 2.05) is 0 Å². The first-order chi connectivity index (χ1) is 12.3. The number of carbonyl (C=O) groups excluding carboxylic acids is 2. The lowest BCUT2D eigenvalue weighted by molar-refractivity contribution is -0.120. The molecule has 0 aromatic heterocycles. The molecule has 1 N–H and O–H groups in total. The Morgan fingerprint density at radius 3 is 2.12 bits per heavy atom. The standard InChI is InChI=1S/C17H11Cl4N3O2/c18-12-9-5-4-8-11(12)15(25)14(24-22)13(10-6-2-1-3-7-10)23-16(26)17(19,20)21/h1-9,13H,(H,23,26). The van der Waals surface area contributed by atoms with E-state index >= 15 is 0 Å². The first-order valence-electron chi connectivity index (χ1n) is 7.19. The molecular formula is C17H11Cl4N3O2. The third-order valence-corrected chi connectivity index (χ3v) is 4.24. The number of hydrogen-bond acceptors (Lipinski definition) is 2. The van der Waals surface area contributed by atoms with Gasteiger partial charge in [-0.15, -0.1) is 0 Å². The van der Waals surface area contributed by atoms with Crippen molar-refractivity contribution in [2.75, 3.05) is 0 Å². The van der Waals surface area contributed by atoms with Gasteiger partial charge in [0.1, 0.15) is 0 Å². The highest BCUT2D eigenvalue weighted by Crippen LogP contribution is 2.28. The maximum absolute atomic E-state index is 12.8. The number of benzene rings is 2. The number of rotatable bonds is 5. The van der Waals surface area contributed by atoms with Crippen LogP contribution >= 0.6 is 46.4 Å². The number of amides is 1. The highest BCUT2D eigenvalue weighted by atomic mass is 35.6. The van der Waals surface area contributed by atoms with Crippen molar-refractivity contribution >= 4 is 63.8 Å². The van der Waals surface area contributed by atoms with Gasteiger partial charge in [-0.1, -0.05) is 88.9 Å². The van der Waals surface area contributed by atoms with E-state index in [1.54, 1.807) is 42.5 Å². The molecule has 1 atom stereocenters. The van der Waals surface area contributed by atoms with Crippen LogP contribution in [0.4, 0.5) is 0 Å². The van der Waals surface area contributed by atoms with Crippen molar-refractivity contribution in [3.63, 3.8) is 0 Å². The van der Waals surface area contributed by atoms with Crippen LogP contribution in [0, 0.1) is 0 Å². The second-order valence-corrected chi connectivity index (χ2v) is 7.80. The summed E-state index contributed by atoms with van der Waals surface area (Å²) in [5, 5.41) is 2.57. The molecule has 134 valence electrons. The maximum Gasteiger partial charge on any atom is 0.365 e. The van der Waals surface area contributed by atoms with Crippen molar-refractivity contribution in [2.24, 2.45) is 0 Å². The molecule has 0 heterocycles. The van der Waals surface area contributed by atoms with E-state index in [2.05, 4.69) is 10.1 Å². The summed E-state index contributed by atoms with van der Waals surface area (Å²) in [6.07, 6.45) is 0. The fourth-order valence-corrected chi connectivity index (χ4v) is 2.57. The summed E-state index contributed by atoms with van der Waals surface area (Å²) in [5.74, 6) is -1.67. The van der Waals surface area contributed by atoms with Crippen molar-refractivity contribution < 1.29 is 14.4 Å². The Kier molecular flexibility index (Phi) is 6.81. The summed E-state index contributed by atoms with van der Waals surface area (Å²) in [7, 11) is 0. The topological polar surface area (TPSA) is 82.6 Å². The van der Waals surface area contributed by atoms with Crippen LogP contribution in [-0.4, -0.2) is 26.0 Å². The fourth-order valence-electron chi connectivity index (χ4n) is 2.19. The molecule has 0 aliphatic heterocycles. The Morgan fingerprint density at radius 1 is 1.00 bits per heavy atom. The van der Waals surface area contributed by atoms with Crippen LogP contribution in [0.15, 0.2) is 54.6 Å². The predicted octanol–water partition coefficient (Wildman–Crippen LogP) is 4.42. The molecule has 9 heteroatoms. The second-order valence-electron chi connectivity index (χ2n) is 5.11. The fraction of sp³-hybridized carbons (Fsp3) is 0.118. The number of hydrogen-bond donors (Lipinski definition) is 1. The number of ketones is 1. The van der Waals surface area contributed by atoms with Crippen molar-refractivity contribution in [3.05, 3.63) is 76.3 Å². The van der Waals surface area contributed by atoms with Crippen LogP contribution in [0.5, 0.6) is 0 Å². The van der Waals surface area contributed by atoms with Gasteiger partial charge >= 0.3 is 5.71 Å². The minimum absolute atomic E-state index is 0.103. The molecule has 0 aliphatic rings. The summed E-state index contributed by atoms with van der Waals surface area (Å²) in [6, 6.07) is 13.4. The molecule has 0 bridgehead atoms. The molecule has 0 spiro atoms. The van der Waals surface area contributed by atoms with Crippen LogP contribution in [0.1, 0.15) is 22.0 Å². The second kappa shape index (κ2) is 8.67. The van der Waals surface area contributed by atoms with Crippen LogP contribution in [-0.2, 0) is 4.79 Å². The molecule has 0 radical (unpaired) electrons. The lowest BCUT2D eigenvalue weighted by Gasteiger charge is -2.18. The van der Waals surface area contributed by atoms with Gasteiger partial charge in [0.15, 0.2) is 6.04 Å². The van der Waals surface area contributed by atoms with Gasteiger partial charge in [-0.05, 0) is 17.7 Å². The average Bonchev–Trinajstić information content (AvgIpc) is 2.61. The molecule has 1 amide bonds. The third kappa shape index (κ3) is 4.85. The lowest BCUT2D eigenvalue weighted by atomic mass is 9.95. The third-order valence-electron chi connectivity index (χ3n) is 3.40. The van der Waals surface area contributed by atoms with Crippen LogP contribution in [0.25, 0.3) is 5.53 Å². The van der Waals surface area contributed by atoms with Crippen molar-refractivity contribution in [1.29, 1.82) is 0 Å². The van der Waals surface area contributed by atoms with Gasteiger partial charge in [0.25, 0.3) is 15.5 Å². The molecule has 0 aliphatic carbocycles. The van der Waals surface area contributed by atoms with Gasteiger partial charge in [0.2, 0.25) is 0 Å². The summed E-state index contributed by atoms with van der Waals surface area (Å²) >= 11 is 22.8. The number of alkyl halides is 3. The van der Waals surface area contributed by atoms with E-state index < -0.39 is 21.5 Å². The highest BCUT2D eigenvalue weighted by molar-refractivity contribution is 6.76. The summed E-state index contributed by atoms with van der Waals surface area (Å²) in [5.41, 5.74) is 9.64. The number of nitrogens with one attached hydrogen (secondary N) is 1. The Morgan fingerprint density at radius 2 is 1.58 bits per heavy atom. The molecule has 2 aromatic carbocycles. The number of carbonyl (C=O) groups is 2. The zero-order chi connectivity index (χ0) is 19.3. The molecule has 1 unspecified atom stereocenters. The Bertz CT molecular complexity index is 875. The zero-order valence-electron chi connectivity index (χ0n) is 13.0. The monoisotopic (exact) mass is 429 g/mol. The first kappa shape index (κ1) is 20.4. The largest absolute Gasteiger partial charge is 0.365 e. The zero-order valence-corrected chi connectivity index (χ0v) is 16.0. The molecule has 5 nitrogen and oxygen atoms in total. The minimum atomic E-state index is -2.26. The first-order valence-corrected chi connectivity index (χ1v) is 8.70. The smallest absolute Gasteiger partial charge is 0.361 e. The van der Waals surface area contributed by atoms with E-state index in [-0.39, 0.29) is 16.3 Å². The molecule has 0 saturated carbocycles. The summed E-state index contributed by atoms with van der Waals surface area (Å²) in [4.78, 5) is 28.0. The Hall–Kier alpha value is -1.88. The molecular weight excluding hydrogens is 420 g/mol. The van der Waals surface area contributed by atoms with Gasteiger partial charge in [-0.25, -0.2) is 0 Å². The molecule has 0 fully saturated rings. The van der Waals surface area contributed by atoms with Crippen LogP contribution in [0.2, 0.25) is 5.02 Å². The minimum Gasteiger partial charge on any atom is -0.361 e. The molecule has 0 saturated heterocycles. The number of nitrogens with zero attached hydrogens (tertiary/aromatic N) is 2. The van der Waals surface area contributed by atoms with E-state index in [4.69, 9.17) is 46.4 Å². The molecule has 26 heavy (non-hydrogen) atoms. The van der Waals surface area contributed by atoms with E-state index in [1.165, 1.54) is 12.1 Å². The van der Waals surface area contributed by atoms with Gasteiger partial charge in [0, 0.05) is 5.56 Å². The van der Waals surface area contributed by atoms with Crippen LogP contribution < -0.4 is 5.32 Å². The van der Waals surface area contributed by atoms with E-state index in [0.717, 1.165) is 0 Å². The predicted molar refractivity (Wildman–Crippen MR) is 102 cm³/mol. The maximum atomic E-state index is 12.8. The van der Waals surface area contributed by atoms with E-state index in [9.17, 15) is 15.1 Å². The normalized spacial score (nSPS) is 12.0. The molecule has 2 aromatic rings. The number of halogens is 4.